The van der Waals surface area contributed by atoms with Gasteiger partial charge in [0.25, 0.3) is 10.2 Å². The molecule has 1 aliphatic heterocycles. The first kappa shape index (κ1) is 30.9. The molecule has 2 aromatic rings. The zero-order valence-electron chi connectivity index (χ0n) is 20.9. The molecule has 3 rings (SSSR count). The summed E-state index contributed by atoms with van der Waals surface area (Å²) in [6.07, 6.45) is -0.754. The van der Waals surface area contributed by atoms with Crippen molar-refractivity contribution in [2.24, 2.45) is 0 Å². The van der Waals surface area contributed by atoms with Gasteiger partial charge in [-0.3, -0.25) is 4.72 Å². The van der Waals surface area contributed by atoms with E-state index in [4.69, 9.17) is 4.74 Å². The van der Waals surface area contributed by atoms with Crippen LogP contribution in [0.2, 0.25) is 0 Å². The maximum atomic E-state index is 14.1. The van der Waals surface area contributed by atoms with Gasteiger partial charge in [0.2, 0.25) is 5.88 Å². The van der Waals surface area contributed by atoms with Gasteiger partial charge in [0.05, 0.1) is 0 Å². The van der Waals surface area contributed by atoms with Gasteiger partial charge in [0.1, 0.15) is 5.82 Å². The average molecular weight is 611 g/mol. The number of nitrogens with one attached hydrogen (secondary N) is 3. The number of aliphatic carboxylic acids is 1. The molecule has 1 fully saturated rings. The molecule has 216 valence electrons. The number of halogens is 2. The van der Waals surface area contributed by atoms with Crippen LogP contribution in [0.3, 0.4) is 0 Å². The molecule has 0 radical (unpaired) electrons. The van der Waals surface area contributed by atoms with Crippen LogP contribution in [0.1, 0.15) is 32.3 Å². The Morgan fingerprint density at radius 1 is 1.31 bits per heavy atom. The van der Waals surface area contributed by atoms with E-state index < -0.39 is 49.9 Å². The van der Waals surface area contributed by atoms with Crippen molar-refractivity contribution in [3.63, 3.8) is 0 Å². The van der Waals surface area contributed by atoms with Crippen molar-refractivity contribution < 1.29 is 40.3 Å². The Labute approximate surface area is 229 Å². The van der Waals surface area contributed by atoms with Crippen molar-refractivity contribution in [1.29, 1.82) is 0 Å². The van der Waals surface area contributed by atoms with Gasteiger partial charge >= 0.3 is 16.2 Å². The number of hydrogen-bond donors (Lipinski definition) is 4. The van der Waals surface area contributed by atoms with Crippen LogP contribution in [-0.2, 0) is 31.0 Å². The maximum Gasteiger partial charge on any atom is 0.344 e. The monoisotopic (exact) mass is 610 g/mol. The molecule has 0 amide bonds. The zero-order valence-corrected chi connectivity index (χ0v) is 23.4. The SMILES string of the molecule is CCC[C@@H](Oc1cc(NS(=O)(=O)NS(=O)(=O)N2CCN[C@@H](C)C2)nc(SCc2cccc(F)c2F)n1)C(=O)O. The second-order valence-corrected chi connectivity index (χ2v) is 12.8. The Kier molecular flexibility index (Phi) is 10.4. The van der Waals surface area contributed by atoms with E-state index in [0.29, 0.717) is 13.0 Å². The summed E-state index contributed by atoms with van der Waals surface area (Å²) in [5, 5.41) is 12.3. The molecular formula is C21H28F2N6O7S3. The van der Waals surface area contributed by atoms with E-state index in [1.54, 1.807) is 18.0 Å². The van der Waals surface area contributed by atoms with Gasteiger partial charge in [0.15, 0.2) is 22.9 Å². The van der Waals surface area contributed by atoms with E-state index in [0.717, 1.165) is 28.2 Å². The van der Waals surface area contributed by atoms with E-state index in [1.165, 1.54) is 12.1 Å². The molecule has 18 heteroatoms. The number of carboxylic acids is 1. The third kappa shape index (κ3) is 8.94. The van der Waals surface area contributed by atoms with Gasteiger partial charge in [-0.25, -0.2) is 18.6 Å². The van der Waals surface area contributed by atoms with Gasteiger partial charge in [0, 0.05) is 43.1 Å². The predicted molar refractivity (Wildman–Crippen MR) is 139 cm³/mol. The van der Waals surface area contributed by atoms with Crippen molar-refractivity contribution in [3.05, 3.63) is 41.5 Å². The fraction of sp³-hybridized carbons (Fsp3) is 0.476. The Balaban J connectivity index is 1.86. The second-order valence-electron chi connectivity index (χ2n) is 8.52. The number of carbonyl (C=O) groups is 1. The van der Waals surface area contributed by atoms with Crippen LogP contribution in [-0.4, -0.2) is 74.0 Å². The molecule has 4 N–H and O–H groups in total. The summed E-state index contributed by atoms with van der Waals surface area (Å²) in [7, 11) is -9.21. The van der Waals surface area contributed by atoms with Gasteiger partial charge < -0.3 is 15.2 Å². The van der Waals surface area contributed by atoms with Crippen molar-refractivity contribution in [3.8, 4) is 5.88 Å². The first-order valence-electron chi connectivity index (χ1n) is 11.7. The molecule has 0 unspecified atom stereocenters. The first-order chi connectivity index (χ1) is 18.3. The summed E-state index contributed by atoms with van der Waals surface area (Å²) in [5.41, 5.74) is -0.0237. The van der Waals surface area contributed by atoms with Crippen molar-refractivity contribution in [2.45, 2.75) is 49.7 Å². The quantitative estimate of drug-likeness (QED) is 0.191. The molecule has 39 heavy (non-hydrogen) atoms. The van der Waals surface area contributed by atoms with E-state index in [2.05, 4.69) is 15.3 Å². The summed E-state index contributed by atoms with van der Waals surface area (Å²) >= 11 is 0.791. The minimum absolute atomic E-state index is 0.0237. The molecule has 1 aliphatic rings. The van der Waals surface area contributed by atoms with Crippen LogP contribution in [0.4, 0.5) is 14.6 Å². The lowest BCUT2D eigenvalue weighted by Crippen LogP contribution is -2.55. The molecule has 0 aliphatic carbocycles. The van der Waals surface area contributed by atoms with Crippen LogP contribution in [0, 0.1) is 11.6 Å². The first-order valence-corrected chi connectivity index (χ1v) is 15.6. The number of ether oxygens (including phenoxy) is 1. The lowest BCUT2D eigenvalue weighted by atomic mass is 10.2. The van der Waals surface area contributed by atoms with Crippen LogP contribution >= 0.6 is 11.8 Å². The number of aromatic nitrogens is 2. The molecule has 2 heterocycles. The third-order valence-electron chi connectivity index (χ3n) is 5.29. The molecule has 0 bridgehead atoms. The number of carboxylic acid groups (broad SMARTS) is 1. The zero-order chi connectivity index (χ0) is 28.8. The highest BCUT2D eigenvalue weighted by atomic mass is 32.3. The number of rotatable bonds is 13. The molecule has 1 aromatic carbocycles. The van der Waals surface area contributed by atoms with E-state index in [1.807, 2.05) is 4.72 Å². The average Bonchev–Trinajstić information content (AvgIpc) is 2.83. The van der Waals surface area contributed by atoms with Crippen LogP contribution in [0.25, 0.3) is 0 Å². The number of nitrogens with zero attached hydrogens (tertiary/aromatic N) is 3. The molecule has 1 saturated heterocycles. The number of benzene rings is 1. The lowest BCUT2D eigenvalue weighted by molar-refractivity contribution is -0.145. The number of hydrogen-bond acceptors (Lipinski definition) is 10. The second kappa shape index (κ2) is 13.1. The number of anilines is 1. The van der Waals surface area contributed by atoms with E-state index >= 15 is 0 Å². The van der Waals surface area contributed by atoms with Gasteiger partial charge in [-0.05, 0) is 19.4 Å². The molecule has 1 aromatic heterocycles. The highest BCUT2D eigenvalue weighted by Gasteiger charge is 2.31. The summed E-state index contributed by atoms with van der Waals surface area (Å²) in [6, 6.07) is 4.38. The largest absolute Gasteiger partial charge is 0.479 e. The standard InChI is InChI=1S/C21H28F2N6O7S3/c1-3-5-16(20(30)31)36-18-10-17(25-21(26-18)37-12-14-6-4-7-15(22)19(14)23)27-38(32,33)28-39(34,35)29-9-8-24-13(2)11-29/h4,6-7,10,13,16,24,28H,3,5,8-9,11-12H2,1-2H3,(H,30,31)(H,25,26,27)/t13-,16+/m0/s1. The third-order valence-corrected chi connectivity index (χ3v) is 9.39. The van der Waals surface area contributed by atoms with Crippen LogP contribution in [0.15, 0.2) is 29.4 Å². The molecule has 2 atom stereocenters. The number of piperazine rings is 1. The summed E-state index contributed by atoms with van der Waals surface area (Å²) < 4.78 is 88.4. The molecule has 0 spiro atoms. The normalized spacial score (nSPS) is 17.5. The maximum absolute atomic E-state index is 14.1. The van der Waals surface area contributed by atoms with Gasteiger partial charge in [-0.1, -0.05) is 41.4 Å². The fourth-order valence-electron chi connectivity index (χ4n) is 3.49. The van der Waals surface area contributed by atoms with Gasteiger partial charge in [-0.15, -0.1) is 0 Å². The lowest BCUT2D eigenvalue weighted by Gasteiger charge is -2.30. The van der Waals surface area contributed by atoms with Crippen molar-refractivity contribution in [1.82, 2.24) is 23.7 Å². The molecule has 0 saturated carbocycles. The van der Waals surface area contributed by atoms with Crippen LogP contribution in [0.5, 0.6) is 5.88 Å². The van der Waals surface area contributed by atoms with E-state index in [-0.39, 0.29) is 47.9 Å². The Morgan fingerprint density at radius 2 is 2.05 bits per heavy atom. The Hall–Kier alpha value is -2.64. The van der Waals surface area contributed by atoms with Crippen molar-refractivity contribution >= 4 is 44.0 Å². The highest BCUT2D eigenvalue weighted by Crippen LogP contribution is 2.27. The minimum Gasteiger partial charge on any atom is -0.479 e. The highest BCUT2D eigenvalue weighted by molar-refractivity contribution is 8.04. The fourth-order valence-corrected chi connectivity index (χ4v) is 7.14. The smallest absolute Gasteiger partial charge is 0.344 e. The molecular weight excluding hydrogens is 582 g/mol. The Bertz CT molecular complexity index is 1400. The molecule has 13 nitrogen and oxygen atoms in total. The predicted octanol–water partition coefficient (Wildman–Crippen LogP) is 1.46. The van der Waals surface area contributed by atoms with Gasteiger partial charge in [-0.2, -0.15) is 26.1 Å². The summed E-state index contributed by atoms with van der Waals surface area (Å²) in [5.74, 6) is -4.36. The Morgan fingerprint density at radius 3 is 2.72 bits per heavy atom. The van der Waals surface area contributed by atoms with E-state index in [9.17, 15) is 35.5 Å². The van der Waals surface area contributed by atoms with Crippen molar-refractivity contribution in [2.75, 3.05) is 24.4 Å². The topological polar surface area (TPSA) is 180 Å². The number of thioether (sulfide) groups is 1. The summed E-state index contributed by atoms with van der Waals surface area (Å²) in [6.45, 7) is 3.90. The van der Waals surface area contributed by atoms with Crippen LogP contribution < -0.4 is 18.9 Å². The summed E-state index contributed by atoms with van der Waals surface area (Å²) in [4.78, 5) is 19.6. The minimum atomic E-state index is -4.76.